The molecule has 0 radical (unpaired) electrons. The Kier molecular flexibility index (Phi) is 5.50. The SMILES string of the molecule is CCn1cc(C(=O)N2CCCC(CNC(=O)C3CCCN3)C2)cn1. The summed E-state index contributed by atoms with van der Waals surface area (Å²) >= 11 is 0. The van der Waals surface area contributed by atoms with Crippen LogP contribution < -0.4 is 10.6 Å². The lowest BCUT2D eigenvalue weighted by Gasteiger charge is -2.32. The van der Waals surface area contributed by atoms with Gasteiger partial charge in [-0.2, -0.15) is 5.10 Å². The van der Waals surface area contributed by atoms with E-state index in [0.717, 1.165) is 45.3 Å². The first-order chi connectivity index (χ1) is 11.7. The molecule has 0 saturated carbocycles. The number of amides is 2. The van der Waals surface area contributed by atoms with Crippen LogP contribution in [-0.2, 0) is 11.3 Å². The monoisotopic (exact) mass is 333 g/mol. The molecule has 0 spiro atoms. The van der Waals surface area contributed by atoms with Gasteiger partial charge in [-0.05, 0) is 45.1 Å². The summed E-state index contributed by atoms with van der Waals surface area (Å²) in [5.41, 5.74) is 0.650. The van der Waals surface area contributed by atoms with Gasteiger partial charge < -0.3 is 15.5 Å². The normalized spacial score (nSPS) is 24.1. The van der Waals surface area contributed by atoms with E-state index in [1.807, 2.05) is 11.8 Å². The zero-order chi connectivity index (χ0) is 16.9. The van der Waals surface area contributed by atoms with Crippen LogP contribution in [0.3, 0.4) is 0 Å². The summed E-state index contributed by atoms with van der Waals surface area (Å²) in [6.45, 7) is 5.82. The van der Waals surface area contributed by atoms with E-state index in [2.05, 4.69) is 15.7 Å². The molecule has 2 saturated heterocycles. The van der Waals surface area contributed by atoms with Crippen LogP contribution in [0.4, 0.5) is 0 Å². The van der Waals surface area contributed by atoms with Gasteiger partial charge in [0.2, 0.25) is 5.91 Å². The van der Waals surface area contributed by atoms with Crippen LogP contribution in [0.1, 0.15) is 43.0 Å². The molecule has 1 aromatic rings. The van der Waals surface area contributed by atoms with Gasteiger partial charge in [-0.25, -0.2) is 0 Å². The van der Waals surface area contributed by atoms with E-state index in [1.54, 1.807) is 17.1 Å². The Bertz CT molecular complexity index is 579. The molecule has 7 heteroatoms. The summed E-state index contributed by atoms with van der Waals surface area (Å²) in [6.07, 6.45) is 7.46. The van der Waals surface area contributed by atoms with Crippen molar-refractivity contribution in [1.82, 2.24) is 25.3 Å². The Morgan fingerprint density at radius 2 is 2.25 bits per heavy atom. The van der Waals surface area contributed by atoms with Crippen LogP contribution in [-0.4, -0.2) is 58.7 Å². The van der Waals surface area contributed by atoms with Gasteiger partial charge in [0.05, 0.1) is 17.8 Å². The summed E-state index contributed by atoms with van der Waals surface area (Å²) in [5, 5.41) is 10.4. The summed E-state index contributed by atoms with van der Waals surface area (Å²) in [5.74, 6) is 0.470. The van der Waals surface area contributed by atoms with Crippen molar-refractivity contribution >= 4 is 11.8 Å². The van der Waals surface area contributed by atoms with Crippen LogP contribution in [0.5, 0.6) is 0 Å². The van der Waals surface area contributed by atoms with Gasteiger partial charge in [0.1, 0.15) is 0 Å². The van der Waals surface area contributed by atoms with Crippen LogP contribution in [0.2, 0.25) is 0 Å². The molecule has 2 atom stereocenters. The van der Waals surface area contributed by atoms with Crippen molar-refractivity contribution in [1.29, 1.82) is 0 Å². The maximum Gasteiger partial charge on any atom is 0.257 e. The molecule has 0 aromatic carbocycles. The number of carbonyl (C=O) groups excluding carboxylic acids is 2. The topological polar surface area (TPSA) is 79.3 Å². The molecular formula is C17H27N5O2. The lowest BCUT2D eigenvalue weighted by Crippen LogP contribution is -2.46. The predicted molar refractivity (Wildman–Crippen MR) is 90.6 cm³/mol. The number of rotatable bonds is 5. The largest absolute Gasteiger partial charge is 0.354 e. The molecule has 3 rings (SSSR count). The minimum atomic E-state index is -0.0359. The van der Waals surface area contributed by atoms with Crippen molar-refractivity contribution in [2.75, 3.05) is 26.2 Å². The van der Waals surface area contributed by atoms with E-state index in [9.17, 15) is 9.59 Å². The van der Waals surface area contributed by atoms with Gasteiger partial charge >= 0.3 is 0 Å². The number of likely N-dealkylation sites (tertiary alicyclic amines) is 1. The van der Waals surface area contributed by atoms with Crippen molar-refractivity contribution in [2.45, 2.75) is 45.2 Å². The van der Waals surface area contributed by atoms with Gasteiger partial charge in [-0.15, -0.1) is 0 Å². The third-order valence-electron chi connectivity index (χ3n) is 4.95. The summed E-state index contributed by atoms with van der Waals surface area (Å²) in [7, 11) is 0. The molecule has 2 unspecified atom stereocenters. The number of hydrogen-bond donors (Lipinski definition) is 2. The smallest absolute Gasteiger partial charge is 0.257 e. The fourth-order valence-corrected chi connectivity index (χ4v) is 3.52. The second kappa shape index (κ2) is 7.79. The Balaban J connectivity index is 1.50. The quantitative estimate of drug-likeness (QED) is 0.828. The number of hydrogen-bond acceptors (Lipinski definition) is 4. The third-order valence-corrected chi connectivity index (χ3v) is 4.95. The highest BCUT2D eigenvalue weighted by molar-refractivity contribution is 5.93. The van der Waals surface area contributed by atoms with Crippen LogP contribution in [0.25, 0.3) is 0 Å². The zero-order valence-electron chi connectivity index (χ0n) is 14.3. The summed E-state index contributed by atoms with van der Waals surface area (Å²) < 4.78 is 1.77. The van der Waals surface area contributed by atoms with E-state index < -0.39 is 0 Å². The average Bonchev–Trinajstić information content (AvgIpc) is 3.30. The minimum absolute atomic E-state index is 0.0359. The van der Waals surface area contributed by atoms with Crippen molar-refractivity contribution in [3.8, 4) is 0 Å². The average molecular weight is 333 g/mol. The second-order valence-corrected chi connectivity index (χ2v) is 6.74. The van der Waals surface area contributed by atoms with E-state index in [4.69, 9.17) is 0 Å². The lowest BCUT2D eigenvalue weighted by atomic mass is 9.97. The summed E-state index contributed by atoms with van der Waals surface area (Å²) in [6, 6.07) is -0.0359. The number of nitrogens with zero attached hydrogens (tertiary/aromatic N) is 3. The number of carbonyl (C=O) groups is 2. The first-order valence-corrected chi connectivity index (χ1v) is 9.00. The van der Waals surface area contributed by atoms with Gasteiger partial charge in [-0.3, -0.25) is 14.3 Å². The van der Waals surface area contributed by atoms with Crippen molar-refractivity contribution in [3.63, 3.8) is 0 Å². The standard InChI is InChI=1S/C17H27N5O2/c1-2-22-12-14(10-20-22)17(24)21-8-4-5-13(11-21)9-19-16(23)15-6-3-7-18-15/h10,12-13,15,18H,2-9,11H2,1H3,(H,19,23). The van der Waals surface area contributed by atoms with E-state index in [0.29, 0.717) is 24.6 Å². The van der Waals surface area contributed by atoms with E-state index >= 15 is 0 Å². The molecule has 0 aliphatic carbocycles. The van der Waals surface area contributed by atoms with E-state index in [-0.39, 0.29) is 17.9 Å². The van der Waals surface area contributed by atoms with Gasteiger partial charge in [0.25, 0.3) is 5.91 Å². The molecule has 2 N–H and O–H groups in total. The van der Waals surface area contributed by atoms with Crippen molar-refractivity contribution < 1.29 is 9.59 Å². The molecule has 2 aliphatic rings. The zero-order valence-corrected chi connectivity index (χ0v) is 14.3. The van der Waals surface area contributed by atoms with E-state index in [1.165, 1.54) is 0 Å². The molecule has 132 valence electrons. The second-order valence-electron chi connectivity index (χ2n) is 6.74. The first kappa shape index (κ1) is 17.0. The Hall–Kier alpha value is -1.89. The Labute approximate surface area is 142 Å². The molecule has 1 aromatic heterocycles. The molecule has 24 heavy (non-hydrogen) atoms. The first-order valence-electron chi connectivity index (χ1n) is 9.00. The molecule has 0 bridgehead atoms. The highest BCUT2D eigenvalue weighted by Crippen LogP contribution is 2.18. The van der Waals surface area contributed by atoms with Crippen molar-refractivity contribution in [3.05, 3.63) is 18.0 Å². The molecule has 2 aliphatic heterocycles. The fourth-order valence-electron chi connectivity index (χ4n) is 3.52. The van der Waals surface area contributed by atoms with Gasteiger partial charge in [0.15, 0.2) is 0 Å². The number of aromatic nitrogens is 2. The Morgan fingerprint density at radius 3 is 2.96 bits per heavy atom. The maximum atomic E-state index is 12.6. The lowest BCUT2D eigenvalue weighted by molar-refractivity contribution is -0.123. The van der Waals surface area contributed by atoms with Crippen LogP contribution in [0.15, 0.2) is 12.4 Å². The number of nitrogens with one attached hydrogen (secondary N) is 2. The maximum absolute atomic E-state index is 12.6. The molecule has 2 amide bonds. The minimum Gasteiger partial charge on any atom is -0.354 e. The van der Waals surface area contributed by atoms with Crippen LogP contribution in [0, 0.1) is 5.92 Å². The molecule has 2 fully saturated rings. The Morgan fingerprint density at radius 1 is 1.38 bits per heavy atom. The van der Waals surface area contributed by atoms with Crippen molar-refractivity contribution in [2.24, 2.45) is 5.92 Å². The highest BCUT2D eigenvalue weighted by atomic mass is 16.2. The molecule has 7 nitrogen and oxygen atoms in total. The van der Waals surface area contributed by atoms with Gasteiger partial charge in [0, 0.05) is 32.4 Å². The number of piperidine rings is 1. The number of aryl methyl sites for hydroxylation is 1. The third kappa shape index (κ3) is 3.95. The molecular weight excluding hydrogens is 306 g/mol. The predicted octanol–water partition coefficient (Wildman–Crippen LogP) is 0.623. The van der Waals surface area contributed by atoms with Crippen LogP contribution >= 0.6 is 0 Å². The summed E-state index contributed by atoms with van der Waals surface area (Å²) in [4.78, 5) is 26.6. The highest BCUT2D eigenvalue weighted by Gasteiger charge is 2.27. The molecule has 3 heterocycles. The van der Waals surface area contributed by atoms with Gasteiger partial charge in [-0.1, -0.05) is 0 Å². The fraction of sp³-hybridized carbons (Fsp3) is 0.706.